The predicted octanol–water partition coefficient (Wildman–Crippen LogP) is 1.42. The average molecular weight is 317 g/mol. The maximum absolute atomic E-state index is 11.6. The van der Waals surface area contributed by atoms with Crippen LogP contribution in [0.25, 0.3) is 0 Å². The smallest absolute Gasteiger partial charge is 0.327 e. The highest BCUT2D eigenvalue weighted by Gasteiger charge is 2.29. The lowest BCUT2D eigenvalue weighted by Crippen LogP contribution is -2.30. The second-order valence-electron chi connectivity index (χ2n) is 5.43. The zero-order valence-electron chi connectivity index (χ0n) is 13.1. The number of nitrogens with one attached hydrogen (secondary N) is 2. The van der Waals surface area contributed by atoms with Crippen LogP contribution in [0.2, 0.25) is 0 Å². The SMILES string of the molecule is COc1ccc(OC)c([C@@H]2CCCN2c2cc(=O)[nH]c(=O)[nH]2)c1. The third kappa shape index (κ3) is 2.94. The maximum atomic E-state index is 11.6. The third-order valence-electron chi connectivity index (χ3n) is 4.10. The van der Waals surface area contributed by atoms with E-state index in [1.165, 1.54) is 6.07 Å². The summed E-state index contributed by atoms with van der Waals surface area (Å²) in [6.07, 6.45) is 1.86. The highest BCUT2D eigenvalue weighted by atomic mass is 16.5. The molecule has 0 bridgehead atoms. The molecule has 2 heterocycles. The normalized spacial score (nSPS) is 17.3. The highest BCUT2D eigenvalue weighted by Crippen LogP contribution is 2.40. The minimum Gasteiger partial charge on any atom is -0.497 e. The number of hydrogen-bond donors (Lipinski definition) is 2. The second kappa shape index (κ2) is 6.20. The fourth-order valence-electron chi connectivity index (χ4n) is 3.09. The Hall–Kier alpha value is -2.70. The van der Waals surface area contributed by atoms with E-state index in [2.05, 4.69) is 9.97 Å². The van der Waals surface area contributed by atoms with Crippen LogP contribution in [0.1, 0.15) is 24.4 Å². The molecular formula is C16H19N3O4. The van der Waals surface area contributed by atoms with Gasteiger partial charge in [0.05, 0.1) is 20.3 Å². The van der Waals surface area contributed by atoms with Gasteiger partial charge < -0.3 is 14.4 Å². The van der Waals surface area contributed by atoms with Gasteiger partial charge in [-0.15, -0.1) is 0 Å². The molecule has 1 atom stereocenters. The van der Waals surface area contributed by atoms with Gasteiger partial charge in [-0.25, -0.2) is 4.79 Å². The summed E-state index contributed by atoms with van der Waals surface area (Å²) < 4.78 is 10.8. The van der Waals surface area contributed by atoms with E-state index in [-0.39, 0.29) is 6.04 Å². The number of aromatic nitrogens is 2. The summed E-state index contributed by atoms with van der Waals surface area (Å²) in [5.74, 6) is 2.02. The Morgan fingerprint density at radius 2 is 1.96 bits per heavy atom. The van der Waals surface area contributed by atoms with Crippen molar-refractivity contribution in [2.45, 2.75) is 18.9 Å². The molecule has 0 aliphatic carbocycles. The predicted molar refractivity (Wildman–Crippen MR) is 86.6 cm³/mol. The van der Waals surface area contributed by atoms with E-state index in [0.29, 0.717) is 5.82 Å². The molecule has 2 N–H and O–H groups in total. The van der Waals surface area contributed by atoms with Crippen LogP contribution in [0, 0.1) is 0 Å². The Bertz CT molecular complexity index is 783. The molecule has 0 saturated carbocycles. The molecule has 7 heteroatoms. The monoisotopic (exact) mass is 317 g/mol. The molecule has 122 valence electrons. The lowest BCUT2D eigenvalue weighted by atomic mass is 10.0. The van der Waals surface area contributed by atoms with E-state index in [9.17, 15) is 9.59 Å². The quantitative estimate of drug-likeness (QED) is 0.890. The number of methoxy groups -OCH3 is 2. The highest BCUT2D eigenvalue weighted by molar-refractivity contribution is 5.49. The molecule has 0 unspecified atom stereocenters. The van der Waals surface area contributed by atoms with Crippen LogP contribution in [0.4, 0.5) is 5.82 Å². The average Bonchev–Trinajstić information content (AvgIpc) is 3.02. The number of nitrogens with zero attached hydrogens (tertiary/aromatic N) is 1. The van der Waals surface area contributed by atoms with Crippen LogP contribution in [0.3, 0.4) is 0 Å². The zero-order valence-corrected chi connectivity index (χ0v) is 13.1. The van der Waals surface area contributed by atoms with Crippen molar-refractivity contribution in [3.63, 3.8) is 0 Å². The topological polar surface area (TPSA) is 87.4 Å². The van der Waals surface area contributed by atoms with Crippen LogP contribution in [0.15, 0.2) is 33.9 Å². The Morgan fingerprint density at radius 1 is 1.13 bits per heavy atom. The van der Waals surface area contributed by atoms with E-state index in [0.717, 1.165) is 36.4 Å². The molecule has 23 heavy (non-hydrogen) atoms. The Kier molecular flexibility index (Phi) is 4.10. The molecule has 7 nitrogen and oxygen atoms in total. The summed E-state index contributed by atoms with van der Waals surface area (Å²) in [7, 11) is 3.24. The fourth-order valence-corrected chi connectivity index (χ4v) is 3.09. The largest absolute Gasteiger partial charge is 0.497 e. The molecule has 1 aliphatic rings. The van der Waals surface area contributed by atoms with Crippen LogP contribution in [-0.2, 0) is 0 Å². The van der Waals surface area contributed by atoms with E-state index in [1.54, 1.807) is 14.2 Å². The van der Waals surface area contributed by atoms with Gasteiger partial charge in [-0.2, -0.15) is 0 Å². The third-order valence-corrected chi connectivity index (χ3v) is 4.10. The van der Waals surface area contributed by atoms with Gasteiger partial charge in [-0.05, 0) is 31.0 Å². The Morgan fingerprint density at radius 3 is 2.65 bits per heavy atom. The van der Waals surface area contributed by atoms with Gasteiger partial charge in [0, 0.05) is 18.2 Å². The van der Waals surface area contributed by atoms with Crippen LogP contribution >= 0.6 is 0 Å². The molecule has 2 aromatic rings. The number of benzene rings is 1. The molecule has 0 radical (unpaired) electrons. The minimum atomic E-state index is -0.504. The lowest BCUT2D eigenvalue weighted by Gasteiger charge is -2.27. The molecule has 0 spiro atoms. The van der Waals surface area contributed by atoms with Gasteiger partial charge in [0.2, 0.25) is 0 Å². The van der Waals surface area contributed by atoms with Crippen molar-refractivity contribution in [2.75, 3.05) is 25.7 Å². The Labute approximate surface area is 132 Å². The summed E-state index contributed by atoms with van der Waals surface area (Å²) in [5, 5.41) is 0. The first-order valence-corrected chi connectivity index (χ1v) is 7.44. The van der Waals surface area contributed by atoms with Crippen molar-refractivity contribution in [2.24, 2.45) is 0 Å². The first-order valence-electron chi connectivity index (χ1n) is 7.44. The number of rotatable bonds is 4. The summed E-state index contributed by atoms with van der Waals surface area (Å²) in [4.78, 5) is 30.1. The summed E-state index contributed by atoms with van der Waals surface area (Å²) in [6, 6.07) is 7.07. The minimum absolute atomic E-state index is 0.0116. The number of H-pyrrole nitrogens is 2. The number of hydrogen-bond acceptors (Lipinski definition) is 5. The van der Waals surface area contributed by atoms with Gasteiger partial charge in [0.1, 0.15) is 17.3 Å². The number of ether oxygens (including phenoxy) is 2. The second-order valence-corrected chi connectivity index (χ2v) is 5.43. The van der Waals surface area contributed by atoms with Crippen LogP contribution in [-0.4, -0.2) is 30.7 Å². The Balaban J connectivity index is 2.05. The van der Waals surface area contributed by atoms with Crippen molar-refractivity contribution in [3.05, 3.63) is 50.7 Å². The van der Waals surface area contributed by atoms with E-state index in [1.807, 2.05) is 23.1 Å². The van der Waals surface area contributed by atoms with Crippen molar-refractivity contribution in [3.8, 4) is 11.5 Å². The van der Waals surface area contributed by atoms with Gasteiger partial charge in [-0.1, -0.05) is 0 Å². The van der Waals surface area contributed by atoms with Crippen molar-refractivity contribution < 1.29 is 9.47 Å². The first-order chi connectivity index (χ1) is 11.1. The van der Waals surface area contributed by atoms with E-state index < -0.39 is 11.2 Å². The van der Waals surface area contributed by atoms with Gasteiger partial charge in [0.25, 0.3) is 5.56 Å². The van der Waals surface area contributed by atoms with Crippen molar-refractivity contribution in [1.82, 2.24) is 9.97 Å². The first kappa shape index (κ1) is 15.2. The number of anilines is 1. The maximum Gasteiger partial charge on any atom is 0.327 e. The molecule has 1 aromatic carbocycles. The van der Waals surface area contributed by atoms with Crippen molar-refractivity contribution >= 4 is 5.82 Å². The lowest BCUT2D eigenvalue weighted by molar-refractivity contribution is 0.395. The van der Waals surface area contributed by atoms with Crippen LogP contribution in [0.5, 0.6) is 11.5 Å². The fraction of sp³-hybridized carbons (Fsp3) is 0.375. The molecule has 3 rings (SSSR count). The van der Waals surface area contributed by atoms with Crippen molar-refractivity contribution in [1.29, 1.82) is 0 Å². The van der Waals surface area contributed by atoms with E-state index >= 15 is 0 Å². The van der Waals surface area contributed by atoms with Gasteiger partial charge >= 0.3 is 5.69 Å². The van der Waals surface area contributed by atoms with E-state index in [4.69, 9.17) is 9.47 Å². The van der Waals surface area contributed by atoms with Crippen LogP contribution < -0.4 is 25.6 Å². The molecular weight excluding hydrogens is 298 g/mol. The van der Waals surface area contributed by atoms with Gasteiger partial charge in [-0.3, -0.25) is 14.8 Å². The van der Waals surface area contributed by atoms with Gasteiger partial charge in [0.15, 0.2) is 0 Å². The molecule has 1 aliphatic heterocycles. The molecule has 1 fully saturated rings. The summed E-state index contributed by atoms with van der Waals surface area (Å²) in [6.45, 7) is 0.754. The summed E-state index contributed by atoms with van der Waals surface area (Å²) >= 11 is 0. The summed E-state index contributed by atoms with van der Waals surface area (Å²) in [5.41, 5.74) is 0.0632. The zero-order chi connectivity index (χ0) is 16.4. The molecule has 0 amide bonds. The molecule has 1 saturated heterocycles. The molecule has 1 aromatic heterocycles. The standard InChI is InChI=1S/C16H19N3O4/c1-22-10-5-6-13(23-2)11(8-10)12-4-3-7-19(12)14-9-15(20)18-16(21)17-14/h5-6,8-9,12H,3-4,7H2,1-2H3,(H2,17,18,20,21)/t12-/m0/s1. The number of aromatic amines is 2.